The molecular weight excluding hydrogens is 188 g/mol. The first-order chi connectivity index (χ1) is 7.04. The van der Waals surface area contributed by atoms with E-state index in [1.54, 1.807) is 0 Å². The summed E-state index contributed by atoms with van der Waals surface area (Å²) in [5, 5.41) is 5.90. The second-order valence-electron chi connectivity index (χ2n) is 3.93. The van der Waals surface area contributed by atoms with Gasteiger partial charge in [0.2, 0.25) is 0 Å². The molecule has 2 N–H and O–H groups in total. The first-order valence-corrected chi connectivity index (χ1v) is 5.14. The molecule has 3 nitrogen and oxygen atoms in total. The molecule has 0 bridgehead atoms. The van der Waals surface area contributed by atoms with E-state index < -0.39 is 0 Å². The van der Waals surface area contributed by atoms with E-state index in [4.69, 9.17) is 0 Å². The largest absolute Gasteiger partial charge is 0.387 e. The van der Waals surface area contributed by atoms with Gasteiger partial charge in [-0.05, 0) is 38.5 Å². The number of carbonyl (C=O) groups is 1. The summed E-state index contributed by atoms with van der Waals surface area (Å²) in [6.07, 6.45) is 0. The fraction of sp³-hybridized carbons (Fsp3) is 0.417. The maximum absolute atomic E-state index is 11.8. The highest BCUT2D eigenvalue weighted by molar-refractivity contribution is 5.99. The molecule has 0 saturated carbocycles. The molecule has 0 radical (unpaired) electrons. The summed E-state index contributed by atoms with van der Waals surface area (Å²) in [4.78, 5) is 11.8. The average Bonchev–Trinajstić information content (AvgIpc) is 2.16. The summed E-state index contributed by atoms with van der Waals surface area (Å²) in [5.74, 6) is -0.0330. The number of carbonyl (C=O) groups excluding carboxylic acids is 1. The van der Waals surface area contributed by atoms with Crippen LogP contribution in [0.5, 0.6) is 0 Å². The summed E-state index contributed by atoms with van der Waals surface area (Å²) in [6.45, 7) is 5.90. The van der Waals surface area contributed by atoms with Crippen LogP contribution >= 0.6 is 0 Å². The van der Waals surface area contributed by atoms with E-state index in [0.717, 1.165) is 11.3 Å². The number of hydrogen-bond donors (Lipinski definition) is 2. The summed E-state index contributed by atoms with van der Waals surface area (Å²) >= 11 is 0. The van der Waals surface area contributed by atoms with Crippen molar-refractivity contribution in [3.05, 3.63) is 29.3 Å². The number of hydrogen-bond acceptors (Lipinski definition) is 2. The number of benzene rings is 1. The lowest BCUT2D eigenvalue weighted by atomic mass is 10.1. The van der Waals surface area contributed by atoms with Crippen molar-refractivity contribution in [1.29, 1.82) is 0 Å². The first kappa shape index (κ1) is 11.6. The van der Waals surface area contributed by atoms with Crippen LogP contribution in [0.3, 0.4) is 0 Å². The minimum atomic E-state index is -0.0330. The number of anilines is 1. The molecule has 0 aromatic heterocycles. The van der Waals surface area contributed by atoms with Crippen molar-refractivity contribution in [2.75, 3.05) is 12.4 Å². The molecule has 0 aliphatic carbocycles. The average molecular weight is 206 g/mol. The highest BCUT2D eigenvalue weighted by Gasteiger charge is 2.11. The molecular formula is C12H18N2O. The van der Waals surface area contributed by atoms with E-state index in [1.807, 2.05) is 46.0 Å². The van der Waals surface area contributed by atoms with Crippen molar-refractivity contribution in [3.63, 3.8) is 0 Å². The van der Waals surface area contributed by atoms with Crippen LogP contribution in [-0.4, -0.2) is 19.0 Å². The SMILES string of the molecule is CNc1cc(C)ccc1C(=O)NC(C)C. The van der Waals surface area contributed by atoms with Crippen LogP contribution < -0.4 is 10.6 Å². The topological polar surface area (TPSA) is 41.1 Å². The predicted octanol–water partition coefficient (Wildman–Crippen LogP) is 2.17. The predicted molar refractivity (Wildman–Crippen MR) is 63.3 cm³/mol. The molecule has 0 saturated heterocycles. The van der Waals surface area contributed by atoms with Crippen LogP contribution in [0.15, 0.2) is 18.2 Å². The van der Waals surface area contributed by atoms with Gasteiger partial charge in [0.25, 0.3) is 5.91 Å². The molecule has 15 heavy (non-hydrogen) atoms. The van der Waals surface area contributed by atoms with E-state index in [0.29, 0.717) is 5.56 Å². The molecule has 1 rings (SSSR count). The van der Waals surface area contributed by atoms with Crippen LogP contribution in [0.1, 0.15) is 29.8 Å². The molecule has 82 valence electrons. The lowest BCUT2D eigenvalue weighted by Gasteiger charge is -2.12. The van der Waals surface area contributed by atoms with Crippen LogP contribution in [0, 0.1) is 6.92 Å². The minimum Gasteiger partial charge on any atom is -0.387 e. The van der Waals surface area contributed by atoms with Crippen molar-refractivity contribution in [2.45, 2.75) is 26.8 Å². The van der Waals surface area contributed by atoms with Crippen molar-refractivity contribution in [3.8, 4) is 0 Å². The van der Waals surface area contributed by atoms with Crippen molar-refractivity contribution < 1.29 is 4.79 Å². The molecule has 0 aliphatic heterocycles. The molecule has 0 heterocycles. The van der Waals surface area contributed by atoms with E-state index >= 15 is 0 Å². The Balaban J connectivity index is 2.97. The van der Waals surface area contributed by atoms with Gasteiger partial charge in [-0.25, -0.2) is 0 Å². The Kier molecular flexibility index (Phi) is 3.72. The molecule has 0 aliphatic rings. The Labute approximate surface area is 90.9 Å². The van der Waals surface area contributed by atoms with Gasteiger partial charge in [-0.1, -0.05) is 6.07 Å². The van der Waals surface area contributed by atoms with Gasteiger partial charge in [-0.2, -0.15) is 0 Å². The molecule has 0 atom stereocenters. The van der Waals surface area contributed by atoms with Crippen LogP contribution in [0.4, 0.5) is 5.69 Å². The third-order valence-electron chi connectivity index (χ3n) is 2.11. The van der Waals surface area contributed by atoms with Crippen LogP contribution in [0.2, 0.25) is 0 Å². The van der Waals surface area contributed by atoms with Gasteiger partial charge >= 0.3 is 0 Å². The smallest absolute Gasteiger partial charge is 0.253 e. The van der Waals surface area contributed by atoms with Crippen molar-refractivity contribution in [2.24, 2.45) is 0 Å². The minimum absolute atomic E-state index is 0.0330. The number of aryl methyl sites for hydroxylation is 1. The van der Waals surface area contributed by atoms with E-state index in [-0.39, 0.29) is 11.9 Å². The van der Waals surface area contributed by atoms with Gasteiger partial charge < -0.3 is 10.6 Å². The summed E-state index contributed by atoms with van der Waals surface area (Å²) in [5.41, 5.74) is 2.70. The molecule has 1 amide bonds. The summed E-state index contributed by atoms with van der Waals surface area (Å²) < 4.78 is 0. The number of amides is 1. The quantitative estimate of drug-likeness (QED) is 0.795. The Morgan fingerprint density at radius 1 is 1.33 bits per heavy atom. The molecule has 1 aromatic rings. The van der Waals surface area contributed by atoms with E-state index in [1.165, 1.54) is 0 Å². The van der Waals surface area contributed by atoms with Gasteiger partial charge in [0.1, 0.15) is 0 Å². The van der Waals surface area contributed by atoms with Gasteiger partial charge in [0.05, 0.1) is 5.56 Å². The maximum Gasteiger partial charge on any atom is 0.253 e. The highest BCUT2D eigenvalue weighted by atomic mass is 16.1. The Hall–Kier alpha value is -1.51. The highest BCUT2D eigenvalue weighted by Crippen LogP contribution is 2.16. The normalized spacial score (nSPS) is 10.2. The van der Waals surface area contributed by atoms with Gasteiger partial charge in [-0.3, -0.25) is 4.79 Å². The third kappa shape index (κ3) is 2.98. The van der Waals surface area contributed by atoms with Crippen LogP contribution in [0.25, 0.3) is 0 Å². The Bertz CT molecular complexity index is 359. The number of nitrogens with one attached hydrogen (secondary N) is 2. The fourth-order valence-corrected chi connectivity index (χ4v) is 1.40. The van der Waals surface area contributed by atoms with Crippen LogP contribution in [-0.2, 0) is 0 Å². The zero-order chi connectivity index (χ0) is 11.4. The molecule has 0 fully saturated rings. The van der Waals surface area contributed by atoms with Crippen molar-refractivity contribution >= 4 is 11.6 Å². The Morgan fingerprint density at radius 2 is 2.00 bits per heavy atom. The number of rotatable bonds is 3. The Morgan fingerprint density at radius 3 is 2.53 bits per heavy atom. The van der Waals surface area contributed by atoms with Crippen molar-refractivity contribution in [1.82, 2.24) is 5.32 Å². The standard InChI is InChI=1S/C12H18N2O/c1-8(2)14-12(15)10-6-5-9(3)7-11(10)13-4/h5-8,13H,1-4H3,(H,14,15). The lowest BCUT2D eigenvalue weighted by molar-refractivity contribution is 0.0944. The fourth-order valence-electron chi connectivity index (χ4n) is 1.40. The molecule has 1 aromatic carbocycles. The molecule has 3 heteroatoms. The second kappa shape index (κ2) is 4.82. The van der Waals surface area contributed by atoms with Gasteiger partial charge in [0.15, 0.2) is 0 Å². The summed E-state index contributed by atoms with van der Waals surface area (Å²) in [7, 11) is 1.82. The lowest BCUT2D eigenvalue weighted by Crippen LogP contribution is -2.30. The van der Waals surface area contributed by atoms with E-state index in [9.17, 15) is 4.79 Å². The first-order valence-electron chi connectivity index (χ1n) is 5.14. The van der Waals surface area contributed by atoms with Gasteiger partial charge in [0, 0.05) is 18.8 Å². The maximum atomic E-state index is 11.8. The van der Waals surface area contributed by atoms with Gasteiger partial charge in [-0.15, -0.1) is 0 Å². The molecule has 0 unspecified atom stereocenters. The third-order valence-corrected chi connectivity index (χ3v) is 2.11. The van der Waals surface area contributed by atoms with E-state index in [2.05, 4.69) is 10.6 Å². The monoisotopic (exact) mass is 206 g/mol. The zero-order valence-electron chi connectivity index (χ0n) is 9.72. The molecule has 0 spiro atoms. The summed E-state index contributed by atoms with van der Waals surface area (Å²) in [6, 6.07) is 5.91. The zero-order valence-corrected chi connectivity index (χ0v) is 9.72. The second-order valence-corrected chi connectivity index (χ2v) is 3.93.